The molecule has 0 saturated heterocycles. The van der Waals surface area contributed by atoms with E-state index in [0.717, 1.165) is 42.1 Å². The summed E-state index contributed by atoms with van der Waals surface area (Å²) >= 11 is 0. The minimum absolute atomic E-state index is 0.124. The molecule has 0 aliphatic carbocycles. The van der Waals surface area contributed by atoms with Crippen molar-refractivity contribution in [1.82, 2.24) is 10.1 Å². The van der Waals surface area contributed by atoms with Gasteiger partial charge in [-0.25, -0.2) is 0 Å². The molecule has 0 radical (unpaired) electrons. The number of ketones is 1. The third-order valence-corrected chi connectivity index (χ3v) is 4.13. The van der Waals surface area contributed by atoms with Crippen LogP contribution in [0.4, 0.5) is 0 Å². The number of amides is 1. The minimum atomic E-state index is -0.662. The number of rotatable bonds is 7. The van der Waals surface area contributed by atoms with Crippen LogP contribution in [-0.4, -0.2) is 21.8 Å². The maximum atomic E-state index is 12.9. The van der Waals surface area contributed by atoms with E-state index in [-0.39, 0.29) is 11.5 Å². The summed E-state index contributed by atoms with van der Waals surface area (Å²) in [6.07, 6.45) is 6.69. The Morgan fingerprint density at radius 1 is 1.29 bits per heavy atom. The second-order valence-corrected chi connectivity index (χ2v) is 5.78. The quantitative estimate of drug-likeness (QED) is 0.514. The lowest BCUT2D eigenvalue weighted by molar-refractivity contribution is 0.0978. The van der Waals surface area contributed by atoms with Gasteiger partial charge in [-0.05, 0) is 24.5 Å². The normalized spacial score (nSPS) is 11.0. The fourth-order valence-corrected chi connectivity index (χ4v) is 2.97. The predicted molar refractivity (Wildman–Crippen MR) is 90.0 cm³/mol. The number of benzene rings is 1. The van der Waals surface area contributed by atoms with E-state index in [4.69, 9.17) is 10.3 Å². The summed E-state index contributed by atoms with van der Waals surface area (Å²) in [6.45, 7) is 2.14. The zero-order valence-electron chi connectivity index (χ0n) is 13.5. The molecule has 3 rings (SSSR count). The van der Waals surface area contributed by atoms with E-state index in [1.165, 1.54) is 12.5 Å². The van der Waals surface area contributed by atoms with Crippen LogP contribution in [-0.2, 0) is 6.42 Å². The highest BCUT2D eigenvalue weighted by atomic mass is 16.5. The predicted octanol–water partition coefficient (Wildman–Crippen LogP) is 3.22. The van der Waals surface area contributed by atoms with Crippen molar-refractivity contribution in [3.05, 3.63) is 53.0 Å². The highest BCUT2D eigenvalue weighted by molar-refractivity contribution is 6.22. The van der Waals surface area contributed by atoms with Crippen LogP contribution in [0.25, 0.3) is 10.9 Å². The molecule has 0 atom stereocenters. The number of nitrogens with zero attached hydrogens (tertiary/aromatic N) is 1. The van der Waals surface area contributed by atoms with Gasteiger partial charge in [-0.15, -0.1) is 0 Å². The first-order valence-electron chi connectivity index (χ1n) is 8.01. The molecular weight excluding hydrogens is 306 g/mol. The van der Waals surface area contributed by atoms with Gasteiger partial charge in [0, 0.05) is 10.9 Å². The Hall–Kier alpha value is -2.89. The van der Waals surface area contributed by atoms with E-state index < -0.39 is 5.91 Å². The molecule has 0 aliphatic heterocycles. The Bertz CT molecular complexity index is 878. The van der Waals surface area contributed by atoms with Gasteiger partial charge in [-0.1, -0.05) is 37.1 Å². The molecule has 6 heteroatoms. The zero-order valence-corrected chi connectivity index (χ0v) is 13.5. The molecule has 2 heterocycles. The Balaban J connectivity index is 2.18. The number of fused-ring (bicyclic) bond motifs is 1. The van der Waals surface area contributed by atoms with Gasteiger partial charge in [0.15, 0.2) is 0 Å². The van der Waals surface area contributed by atoms with Crippen molar-refractivity contribution >= 4 is 22.6 Å². The molecular formula is C18H19N3O3. The molecule has 0 fully saturated rings. The second kappa shape index (κ2) is 6.70. The molecule has 0 aliphatic rings. The maximum absolute atomic E-state index is 12.9. The van der Waals surface area contributed by atoms with Gasteiger partial charge < -0.3 is 15.2 Å². The lowest BCUT2D eigenvalue weighted by Crippen LogP contribution is -2.16. The molecule has 124 valence electrons. The van der Waals surface area contributed by atoms with Crippen LogP contribution >= 0.6 is 0 Å². The fourth-order valence-electron chi connectivity index (χ4n) is 2.97. The molecule has 0 saturated carbocycles. The highest BCUT2D eigenvalue weighted by Gasteiger charge is 2.25. The number of primary amides is 1. The summed E-state index contributed by atoms with van der Waals surface area (Å²) in [4.78, 5) is 27.7. The van der Waals surface area contributed by atoms with Gasteiger partial charge in [0.05, 0.1) is 17.3 Å². The largest absolute Gasteiger partial charge is 0.364 e. The number of aromatic nitrogens is 2. The standard InChI is InChI=1S/C18H19N3O3/c1-2-3-4-6-11-7-5-8-13-14(11)15(16(21-13)18(19)23)17(22)12-9-20-24-10-12/h5,7-10,21H,2-4,6H2,1H3,(H2,19,23). The third kappa shape index (κ3) is 2.82. The molecule has 6 nitrogen and oxygen atoms in total. The lowest BCUT2D eigenvalue weighted by Gasteiger charge is -2.06. The van der Waals surface area contributed by atoms with Crippen molar-refractivity contribution in [2.45, 2.75) is 32.6 Å². The van der Waals surface area contributed by atoms with E-state index in [1.807, 2.05) is 18.2 Å². The average Bonchev–Trinajstić information content (AvgIpc) is 3.22. The third-order valence-electron chi connectivity index (χ3n) is 4.13. The summed E-state index contributed by atoms with van der Waals surface area (Å²) in [6, 6.07) is 5.75. The summed E-state index contributed by atoms with van der Waals surface area (Å²) in [7, 11) is 0. The van der Waals surface area contributed by atoms with Crippen molar-refractivity contribution < 1.29 is 14.1 Å². The van der Waals surface area contributed by atoms with Gasteiger partial charge in [0.25, 0.3) is 5.91 Å². The van der Waals surface area contributed by atoms with Crippen molar-refractivity contribution in [2.24, 2.45) is 5.73 Å². The molecule has 3 N–H and O–H groups in total. The van der Waals surface area contributed by atoms with Crippen LogP contribution < -0.4 is 5.73 Å². The molecule has 0 bridgehead atoms. The van der Waals surface area contributed by atoms with Gasteiger partial charge >= 0.3 is 0 Å². The SMILES string of the molecule is CCCCCc1cccc2[nH]c(C(N)=O)c(C(=O)c3cnoc3)c12. The van der Waals surface area contributed by atoms with Gasteiger partial charge in [-0.2, -0.15) is 0 Å². The summed E-state index contributed by atoms with van der Waals surface area (Å²) in [5.74, 6) is -0.982. The molecule has 24 heavy (non-hydrogen) atoms. The Morgan fingerprint density at radius 2 is 2.12 bits per heavy atom. The second-order valence-electron chi connectivity index (χ2n) is 5.78. The topological polar surface area (TPSA) is 102 Å². The first-order chi connectivity index (χ1) is 11.6. The molecule has 2 aromatic heterocycles. The van der Waals surface area contributed by atoms with Gasteiger partial charge in [0.2, 0.25) is 5.78 Å². The van der Waals surface area contributed by atoms with Crippen LogP contribution in [0, 0.1) is 0 Å². The van der Waals surface area contributed by atoms with Crippen LogP contribution in [0.15, 0.2) is 35.2 Å². The number of nitrogens with one attached hydrogen (secondary N) is 1. The summed E-state index contributed by atoms with van der Waals surface area (Å²) < 4.78 is 4.76. The number of aryl methyl sites for hydroxylation is 1. The van der Waals surface area contributed by atoms with Crippen molar-refractivity contribution in [3.8, 4) is 0 Å². The number of nitrogens with two attached hydrogens (primary N) is 1. The highest BCUT2D eigenvalue weighted by Crippen LogP contribution is 2.29. The van der Waals surface area contributed by atoms with Crippen LogP contribution in [0.3, 0.4) is 0 Å². The van der Waals surface area contributed by atoms with Crippen molar-refractivity contribution in [1.29, 1.82) is 0 Å². The van der Waals surface area contributed by atoms with Gasteiger partial charge in [-0.3, -0.25) is 9.59 Å². The Labute approximate surface area is 139 Å². The first kappa shape index (κ1) is 16.0. The Kier molecular flexibility index (Phi) is 4.46. The van der Waals surface area contributed by atoms with Gasteiger partial charge in [0.1, 0.15) is 12.0 Å². The van der Waals surface area contributed by atoms with E-state index in [0.29, 0.717) is 11.1 Å². The van der Waals surface area contributed by atoms with Crippen LogP contribution in [0.2, 0.25) is 0 Å². The summed E-state index contributed by atoms with van der Waals surface area (Å²) in [5.41, 5.74) is 7.96. The Morgan fingerprint density at radius 3 is 2.79 bits per heavy atom. The number of hydrogen-bond acceptors (Lipinski definition) is 4. The van der Waals surface area contributed by atoms with E-state index >= 15 is 0 Å². The number of unbranched alkanes of at least 4 members (excludes halogenated alkanes) is 2. The average molecular weight is 325 g/mol. The maximum Gasteiger partial charge on any atom is 0.265 e. The first-order valence-corrected chi connectivity index (χ1v) is 8.01. The van der Waals surface area contributed by atoms with E-state index in [9.17, 15) is 9.59 Å². The van der Waals surface area contributed by atoms with Crippen LogP contribution in [0.5, 0.6) is 0 Å². The minimum Gasteiger partial charge on any atom is -0.364 e. The number of hydrogen-bond donors (Lipinski definition) is 2. The summed E-state index contributed by atoms with van der Waals surface area (Å²) in [5, 5.41) is 4.33. The number of carbonyl (C=O) groups is 2. The van der Waals surface area contributed by atoms with Crippen LogP contribution in [0.1, 0.15) is 58.2 Å². The van der Waals surface area contributed by atoms with E-state index in [2.05, 4.69) is 17.1 Å². The lowest BCUT2D eigenvalue weighted by atomic mass is 9.96. The molecule has 3 aromatic rings. The fraction of sp³-hybridized carbons (Fsp3) is 0.278. The number of carbonyl (C=O) groups excluding carboxylic acids is 2. The van der Waals surface area contributed by atoms with Crippen molar-refractivity contribution in [3.63, 3.8) is 0 Å². The zero-order chi connectivity index (χ0) is 17.1. The monoisotopic (exact) mass is 325 g/mol. The van der Waals surface area contributed by atoms with Crippen molar-refractivity contribution in [2.75, 3.05) is 0 Å². The molecule has 0 unspecified atom stereocenters. The van der Waals surface area contributed by atoms with E-state index in [1.54, 1.807) is 0 Å². The molecule has 1 amide bonds. The number of aromatic amines is 1. The smallest absolute Gasteiger partial charge is 0.265 e. The number of H-pyrrole nitrogens is 1. The molecule has 1 aromatic carbocycles. The molecule has 0 spiro atoms.